The summed E-state index contributed by atoms with van der Waals surface area (Å²) in [4.78, 5) is 10.4. The highest BCUT2D eigenvalue weighted by molar-refractivity contribution is 6.30. The van der Waals surface area contributed by atoms with E-state index in [1.807, 2.05) is 0 Å². The highest BCUT2D eigenvalue weighted by atomic mass is 35.5. The van der Waals surface area contributed by atoms with E-state index in [9.17, 15) is 15.0 Å². The van der Waals surface area contributed by atoms with Crippen LogP contribution < -0.4 is 0 Å². The predicted molar refractivity (Wildman–Crippen MR) is 51.7 cm³/mol. The predicted octanol–water partition coefficient (Wildman–Crippen LogP) is 0.524. The van der Waals surface area contributed by atoms with Crippen molar-refractivity contribution in [1.29, 1.82) is 0 Å². The molecule has 1 rings (SSSR count). The number of carboxylic acid groups (broad SMARTS) is 1. The van der Waals surface area contributed by atoms with Crippen molar-refractivity contribution in [2.75, 3.05) is 0 Å². The highest BCUT2D eigenvalue weighted by Crippen LogP contribution is 2.29. The van der Waals surface area contributed by atoms with Crippen molar-refractivity contribution in [3.05, 3.63) is 28.8 Å². The summed E-state index contributed by atoms with van der Waals surface area (Å²) in [5.41, 5.74) is -0.0886. The lowest BCUT2D eigenvalue weighted by Gasteiger charge is -2.15. The minimum absolute atomic E-state index is 0.0886. The van der Waals surface area contributed by atoms with Gasteiger partial charge in [-0.15, -0.1) is 0 Å². The third-order valence-electron chi connectivity index (χ3n) is 1.86. The van der Waals surface area contributed by atoms with Crippen LogP contribution in [0.1, 0.15) is 11.7 Å². The molecule has 5 nitrogen and oxygen atoms in total. The molecule has 0 bridgehead atoms. The molecule has 6 heteroatoms. The Kier molecular flexibility index (Phi) is 3.52. The number of halogens is 1. The number of aromatic hydroxyl groups is 1. The zero-order chi connectivity index (χ0) is 11.6. The molecule has 2 atom stereocenters. The number of aliphatic carboxylic acids is 1. The Labute approximate surface area is 90.2 Å². The topological polar surface area (TPSA) is 98.0 Å². The molecular formula is C9H9ClO5. The Balaban J connectivity index is 3.01. The minimum Gasteiger partial charge on any atom is -0.508 e. The van der Waals surface area contributed by atoms with E-state index in [-0.39, 0.29) is 16.3 Å². The number of phenols is 1. The Hall–Kier alpha value is -1.30. The second kappa shape index (κ2) is 4.48. The van der Waals surface area contributed by atoms with Gasteiger partial charge in [-0.25, -0.2) is 4.79 Å². The van der Waals surface area contributed by atoms with Crippen LogP contribution in [0, 0.1) is 0 Å². The van der Waals surface area contributed by atoms with Crippen LogP contribution in [0.3, 0.4) is 0 Å². The summed E-state index contributed by atoms with van der Waals surface area (Å²) in [5.74, 6) is -1.94. The van der Waals surface area contributed by atoms with Crippen LogP contribution in [0.15, 0.2) is 18.2 Å². The van der Waals surface area contributed by atoms with Gasteiger partial charge in [0.1, 0.15) is 11.9 Å². The van der Waals surface area contributed by atoms with Gasteiger partial charge in [0, 0.05) is 10.6 Å². The summed E-state index contributed by atoms with van der Waals surface area (Å²) in [7, 11) is 0. The van der Waals surface area contributed by atoms with Gasteiger partial charge in [0.25, 0.3) is 0 Å². The molecule has 0 saturated carbocycles. The fraction of sp³-hybridized carbons (Fsp3) is 0.222. The molecular weight excluding hydrogens is 224 g/mol. The first kappa shape index (κ1) is 11.8. The number of hydrogen-bond acceptors (Lipinski definition) is 4. The van der Waals surface area contributed by atoms with E-state index in [2.05, 4.69) is 0 Å². The van der Waals surface area contributed by atoms with E-state index in [0.29, 0.717) is 0 Å². The number of carboxylic acids is 1. The van der Waals surface area contributed by atoms with E-state index in [0.717, 1.165) is 6.07 Å². The summed E-state index contributed by atoms with van der Waals surface area (Å²) in [6.45, 7) is 0. The first-order chi connectivity index (χ1) is 6.93. The number of carbonyl (C=O) groups is 1. The Morgan fingerprint density at radius 2 is 1.93 bits per heavy atom. The normalized spacial score (nSPS) is 14.6. The monoisotopic (exact) mass is 232 g/mol. The molecule has 0 heterocycles. The molecule has 15 heavy (non-hydrogen) atoms. The summed E-state index contributed by atoms with van der Waals surface area (Å²) in [6.07, 6.45) is -3.68. The lowest BCUT2D eigenvalue weighted by molar-refractivity contribution is -0.153. The molecule has 1 aromatic carbocycles. The number of phenolic OH excluding ortho intramolecular Hbond substituents is 1. The van der Waals surface area contributed by atoms with Crippen LogP contribution in [0.25, 0.3) is 0 Å². The smallest absolute Gasteiger partial charge is 0.335 e. The van der Waals surface area contributed by atoms with Crippen LogP contribution in [0.2, 0.25) is 5.02 Å². The van der Waals surface area contributed by atoms with Crippen molar-refractivity contribution in [3.8, 4) is 5.75 Å². The molecule has 0 saturated heterocycles. The van der Waals surface area contributed by atoms with Crippen LogP contribution >= 0.6 is 11.6 Å². The second-order valence-electron chi connectivity index (χ2n) is 2.93. The molecule has 0 fully saturated rings. The Bertz CT molecular complexity index is 379. The maximum atomic E-state index is 10.4. The average Bonchev–Trinajstić information content (AvgIpc) is 2.15. The van der Waals surface area contributed by atoms with Gasteiger partial charge in [0.05, 0.1) is 0 Å². The van der Waals surface area contributed by atoms with Crippen molar-refractivity contribution >= 4 is 17.6 Å². The number of benzene rings is 1. The number of hydrogen-bond donors (Lipinski definition) is 4. The second-order valence-corrected chi connectivity index (χ2v) is 3.37. The zero-order valence-electron chi connectivity index (χ0n) is 7.46. The molecule has 2 unspecified atom stereocenters. The Morgan fingerprint density at radius 3 is 2.40 bits per heavy atom. The van der Waals surface area contributed by atoms with E-state index in [4.69, 9.17) is 21.8 Å². The zero-order valence-corrected chi connectivity index (χ0v) is 8.22. The standard InChI is InChI=1S/C9H9ClO5/c10-4-1-2-5(6(11)3-4)7(12)8(13)9(14)15/h1-3,7-8,11-13H,(H,14,15). The van der Waals surface area contributed by atoms with Gasteiger partial charge < -0.3 is 20.4 Å². The van der Waals surface area contributed by atoms with Crippen LogP contribution in [0.5, 0.6) is 5.75 Å². The maximum absolute atomic E-state index is 10.4. The number of aliphatic hydroxyl groups is 2. The fourth-order valence-corrected chi connectivity index (χ4v) is 1.24. The number of rotatable bonds is 3. The van der Waals surface area contributed by atoms with Crippen LogP contribution in [-0.2, 0) is 4.79 Å². The maximum Gasteiger partial charge on any atom is 0.335 e. The van der Waals surface area contributed by atoms with Crippen molar-refractivity contribution in [1.82, 2.24) is 0 Å². The molecule has 0 aliphatic heterocycles. The van der Waals surface area contributed by atoms with Crippen molar-refractivity contribution in [3.63, 3.8) is 0 Å². The molecule has 0 aliphatic carbocycles. The summed E-state index contributed by atoms with van der Waals surface area (Å²) in [6, 6.07) is 3.76. The van der Waals surface area contributed by atoms with Crippen molar-refractivity contribution < 1.29 is 25.2 Å². The van der Waals surface area contributed by atoms with Crippen molar-refractivity contribution in [2.45, 2.75) is 12.2 Å². The van der Waals surface area contributed by atoms with Crippen molar-refractivity contribution in [2.24, 2.45) is 0 Å². The van der Waals surface area contributed by atoms with Gasteiger partial charge in [-0.1, -0.05) is 17.7 Å². The van der Waals surface area contributed by atoms with E-state index >= 15 is 0 Å². The quantitative estimate of drug-likeness (QED) is 0.609. The van der Waals surface area contributed by atoms with Gasteiger partial charge in [0.15, 0.2) is 6.10 Å². The third kappa shape index (κ3) is 2.59. The van der Waals surface area contributed by atoms with Gasteiger partial charge in [-0.3, -0.25) is 0 Å². The average molecular weight is 233 g/mol. The van der Waals surface area contributed by atoms with Gasteiger partial charge in [-0.05, 0) is 12.1 Å². The van der Waals surface area contributed by atoms with Gasteiger partial charge in [0.2, 0.25) is 0 Å². The lowest BCUT2D eigenvalue weighted by Crippen LogP contribution is -2.27. The summed E-state index contributed by atoms with van der Waals surface area (Å²) < 4.78 is 0. The molecule has 82 valence electrons. The lowest BCUT2D eigenvalue weighted by atomic mass is 10.0. The third-order valence-corrected chi connectivity index (χ3v) is 2.10. The molecule has 1 aromatic rings. The molecule has 0 amide bonds. The van der Waals surface area contributed by atoms with E-state index < -0.39 is 18.2 Å². The van der Waals surface area contributed by atoms with Gasteiger partial charge >= 0.3 is 5.97 Å². The molecule has 0 radical (unpaired) electrons. The first-order valence-electron chi connectivity index (χ1n) is 4.01. The SMILES string of the molecule is O=C(O)C(O)C(O)c1ccc(Cl)cc1O. The fourth-order valence-electron chi connectivity index (χ4n) is 1.07. The van der Waals surface area contributed by atoms with E-state index in [1.54, 1.807) is 0 Å². The molecule has 0 aromatic heterocycles. The summed E-state index contributed by atoms with van der Waals surface area (Å²) in [5, 5.41) is 36.5. The van der Waals surface area contributed by atoms with Gasteiger partial charge in [-0.2, -0.15) is 0 Å². The number of aliphatic hydroxyl groups excluding tert-OH is 2. The van der Waals surface area contributed by atoms with E-state index in [1.165, 1.54) is 12.1 Å². The highest BCUT2D eigenvalue weighted by Gasteiger charge is 2.27. The minimum atomic E-state index is -1.99. The first-order valence-corrected chi connectivity index (χ1v) is 4.38. The summed E-state index contributed by atoms with van der Waals surface area (Å²) >= 11 is 5.54. The molecule has 0 spiro atoms. The van der Waals surface area contributed by atoms with Crippen LogP contribution in [0.4, 0.5) is 0 Å². The van der Waals surface area contributed by atoms with Crippen LogP contribution in [-0.4, -0.2) is 32.5 Å². The molecule has 0 aliphatic rings. The largest absolute Gasteiger partial charge is 0.508 e. The molecule has 4 N–H and O–H groups in total. The Morgan fingerprint density at radius 1 is 1.33 bits per heavy atom.